The molecular weight excluding hydrogens is 582 g/mol. The molecule has 4 aliphatic heterocycles. The summed E-state index contributed by atoms with van der Waals surface area (Å²) in [5.74, 6) is -3.36. The highest BCUT2D eigenvalue weighted by molar-refractivity contribution is 7.89. The summed E-state index contributed by atoms with van der Waals surface area (Å²) in [5, 5.41) is 3.00. The molecule has 41 heavy (non-hydrogen) atoms. The lowest BCUT2D eigenvalue weighted by molar-refractivity contribution is -0.0725. The number of nitrogens with one attached hydrogen (secondary N) is 1. The number of hydrogen-bond acceptors (Lipinski definition) is 9. The van der Waals surface area contributed by atoms with Crippen LogP contribution in [0.25, 0.3) is 0 Å². The first-order valence-corrected chi connectivity index (χ1v) is 15.4. The zero-order valence-electron chi connectivity index (χ0n) is 22.1. The molecule has 0 aliphatic carbocycles. The third kappa shape index (κ3) is 5.09. The van der Waals surface area contributed by atoms with Crippen LogP contribution in [0.3, 0.4) is 0 Å². The van der Waals surface area contributed by atoms with E-state index in [-0.39, 0.29) is 79.1 Å². The number of sulfonamides is 1. The molecule has 1 aromatic heterocycles. The van der Waals surface area contributed by atoms with Gasteiger partial charge < -0.3 is 25.4 Å². The van der Waals surface area contributed by atoms with Crippen molar-refractivity contribution in [3.8, 4) is 5.75 Å². The van der Waals surface area contributed by atoms with E-state index in [1.165, 1.54) is 39.5 Å². The van der Waals surface area contributed by atoms with Crippen molar-refractivity contribution in [1.29, 1.82) is 0 Å². The summed E-state index contributed by atoms with van der Waals surface area (Å²) in [6, 6.07) is 6.56. The Labute approximate surface area is 241 Å². The van der Waals surface area contributed by atoms with Gasteiger partial charge in [0.05, 0.1) is 10.6 Å². The van der Waals surface area contributed by atoms with Crippen molar-refractivity contribution in [2.75, 3.05) is 62.2 Å². The molecule has 4 aliphatic rings. The van der Waals surface area contributed by atoms with Gasteiger partial charge in [0.2, 0.25) is 10.0 Å². The highest BCUT2D eigenvalue weighted by atomic mass is 35.5. The number of alkyl halides is 2. The fourth-order valence-corrected chi connectivity index (χ4v) is 7.56. The van der Waals surface area contributed by atoms with E-state index < -0.39 is 34.1 Å². The molecule has 0 bridgehead atoms. The number of pyridine rings is 1. The summed E-state index contributed by atoms with van der Waals surface area (Å²) < 4.78 is 70.2. The summed E-state index contributed by atoms with van der Waals surface area (Å²) in [5.41, 5.74) is 5.94. The SMILES string of the molecule is NC[C@@H]1OC(=O)N2c3ccc(S(=O)(=O)N4CCN(c5cc(C(F)(F)C6CCCNC6)cc(Cl)n5)CC4)cc3OC[C@H]12. The van der Waals surface area contributed by atoms with E-state index in [9.17, 15) is 13.2 Å². The fourth-order valence-electron chi connectivity index (χ4n) is 5.92. The summed E-state index contributed by atoms with van der Waals surface area (Å²) in [7, 11) is -3.91. The number of halogens is 3. The third-order valence-corrected chi connectivity index (χ3v) is 10.3. The van der Waals surface area contributed by atoms with Gasteiger partial charge in [-0.3, -0.25) is 4.90 Å². The molecule has 3 saturated heterocycles. The predicted octanol–water partition coefficient (Wildman–Crippen LogP) is 2.38. The van der Waals surface area contributed by atoms with E-state index >= 15 is 8.78 Å². The average Bonchev–Trinajstić information content (AvgIpc) is 3.32. The molecular formula is C26H31ClF2N6O5S. The van der Waals surface area contributed by atoms with Crippen molar-refractivity contribution < 1.29 is 31.5 Å². The Bertz CT molecular complexity index is 1440. The maximum Gasteiger partial charge on any atom is 0.415 e. The van der Waals surface area contributed by atoms with Crippen LogP contribution in [0.1, 0.15) is 18.4 Å². The molecule has 3 atom stereocenters. The minimum atomic E-state index is -3.91. The van der Waals surface area contributed by atoms with Gasteiger partial charge in [0, 0.05) is 56.8 Å². The number of cyclic esters (lactones) is 1. The first-order valence-electron chi connectivity index (χ1n) is 13.6. The highest BCUT2D eigenvalue weighted by Gasteiger charge is 2.46. The lowest BCUT2D eigenvalue weighted by atomic mass is 9.88. The summed E-state index contributed by atoms with van der Waals surface area (Å²) >= 11 is 6.17. The maximum absolute atomic E-state index is 15.3. The van der Waals surface area contributed by atoms with E-state index in [0.29, 0.717) is 18.5 Å². The number of piperazine rings is 1. The van der Waals surface area contributed by atoms with Crippen molar-refractivity contribution in [2.24, 2.45) is 11.7 Å². The third-order valence-electron chi connectivity index (χ3n) is 8.22. The van der Waals surface area contributed by atoms with E-state index in [0.717, 1.165) is 6.54 Å². The number of anilines is 2. The number of aromatic nitrogens is 1. The number of fused-ring (bicyclic) bond motifs is 3. The molecule has 0 spiro atoms. The Morgan fingerprint density at radius 2 is 1.95 bits per heavy atom. The smallest absolute Gasteiger partial charge is 0.415 e. The Morgan fingerprint density at radius 1 is 1.17 bits per heavy atom. The molecule has 11 nitrogen and oxygen atoms in total. The summed E-state index contributed by atoms with van der Waals surface area (Å²) in [6.07, 6.45) is 0.0403. The van der Waals surface area contributed by atoms with Crippen LogP contribution in [0.2, 0.25) is 5.15 Å². The number of benzene rings is 1. The van der Waals surface area contributed by atoms with Crippen molar-refractivity contribution in [1.82, 2.24) is 14.6 Å². The van der Waals surface area contributed by atoms with Crippen molar-refractivity contribution in [2.45, 2.75) is 35.8 Å². The minimum Gasteiger partial charge on any atom is -0.489 e. The Morgan fingerprint density at radius 3 is 2.66 bits per heavy atom. The quantitative estimate of drug-likeness (QED) is 0.472. The molecule has 1 unspecified atom stereocenters. The minimum absolute atomic E-state index is 0.0231. The van der Waals surface area contributed by atoms with Crippen LogP contribution >= 0.6 is 11.6 Å². The van der Waals surface area contributed by atoms with Crippen molar-refractivity contribution >= 4 is 39.2 Å². The molecule has 0 saturated carbocycles. The second-order valence-corrected chi connectivity index (χ2v) is 13.0. The van der Waals surface area contributed by atoms with E-state index in [4.69, 9.17) is 26.8 Å². The molecule has 6 rings (SSSR count). The first kappa shape index (κ1) is 28.3. The lowest BCUT2D eigenvalue weighted by Gasteiger charge is -2.36. The Hall–Kier alpha value is -2.78. The number of carbonyl (C=O) groups is 1. The Balaban J connectivity index is 1.16. The molecule has 222 valence electrons. The van der Waals surface area contributed by atoms with Crippen LogP contribution in [-0.4, -0.2) is 88.4 Å². The number of ether oxygens (including phenoxy) is 2. The average molecular weight is 613 g/mol. The second kappa shape index (κ2) is 10.8. The van der Waals surface area contributed by atoms with Gasteiger partial charge in [-0.1, -0.05) is 11.6 Å². The molecule has 2 aromatic rings. The standard InChI is InChI=1S/C26H31ClF2N6O5S/c27-23-10-17(26(28,29)16-2-1-5-31-14-16)11-24(32-23)33-6-8-34(9-7-33)41(37,38)18-3-4-19-21(12-18)39-15-20-22(13-30)40-25(36)35(19)20/h3-4,10-12,16,20,22,31H,1-2,5-9,13-15,30H2/t16?,20-,22+/m1/s1. The molecule has 1 aromatic carbocycles. The van der Waals surface area contributed by atoms with Gasteiger partial charge in [0.15, 0.2) is 0 Å². The van der Waals surface area contributed by atoms with Gasteiger partial charge in [-0.2, -0.15) is 4.31 Å². The molecule has 5 heterocycles. The van der Waals surface area contributed by atoms with Crippen molar-refractivity contribution in [3.05, 3.63) is 41.0 Å². The predicted molar refractivity (Wildman–Crippen MR) is 147 cm³/mol. The summed E-state index contributed by atoms with van der Waals surface area (Å²) in [4.78, 5) is 19.9. The lowest BCUT2D eigenvalue weighted by Crippen LogP contribution is -2.49. The molecule has 3 fully saturated rings. The zero-order valence-corrected chi connectivity index (χ0v) is 23.7. The van der Waals surface area contributed by atoms with Gasteiger partial charge in [0.25, 0.3) is 5.92 Å². The van der Waals surface area contributed by atoms with Crippen LogP contribution in [0.4, 0.5) is 25.1 Å². The number of nitrogens with two attached hydrogens (primary N) is 1. The number of hydrogen-bond donors (Lipinski definition) is 2. The van der Waals surface area contributed by atoms with E-state index in [2.05, 4.69) is 10.3 Å². The monoisotopic (exact) mass is 612 g/mol. The number of rotatable bonds is 6. The van der Waals surface area contributed by atoms with Crippen LogP contribution in [0.5, 0.6) is 5.75 Å². The van der Waals surface area contributed by atoms with Gasteiger partial charge in [-0.05, 0) is 43.7 Å². The number of amides is 1. The first-order chi connectivity index (χ1) is 19.6. The summed E-state index contributed by atoms with van der Waals surface area (Å²) in [6.45, 7) is 1.95. The van der Waals surface area contributed by atoms with Crippen LogP contribution < -0.4 is 25.6 Å². The topological polar surface area (TPSA) is 130 Å². The van der Waals surface area contributed by atoms with Crippen LogP contribution in [0, 0.1) is 5.92 Å². The van der Waals surface area contributed by atoms with Gasteiger partial charge in [0.1, 0.15) is 35.5 Å². The van der Waals surface area contributed by atoms with Gasteiger partial charge in [-0.25, -0.2) is 27.0 Å². The van der Waals surface area contributed by atoms with Crippen molar-refractivity contribution in [3.63, 3.8) is 0 Å². The Kier molecular flexibility index (Phi) is 7.47. The van der Waals surface area contributed by atoms with E-state index in [1.54, 1.807) is 4.90 Å². The zero-order chi connectivity index (χ0) is 28.9. The largest absolute Gasteiger partial charge is 0.489 e. The molecule has 3 N–H and O–H groups in total. The molecule has 15 heteroatoms. The molecule has 0 radical (unpaired) electrons. The number of piperidine rings is 1. The number of carbonyl (C=O) groups excluding carboxylic acids is 1. The van der Waals surface area contributed by atoms with Gasteiger partial charge >= 0.3 is 6.09 Å². The van der Waals surface area contributed by atoms with Crippen LogP contribution in [-0.2, 0) is 20.7 Å². The van der Waals surface area contributed by atoms with E-state index in [1.807, 2.05) is 0 Å². The second-order valence-electron chi connectivity index (χ2n) is 10.6. The fraction of sp³-hybridized carbons (Fsp3) is 0.538. The highest BCUT2D eigenvalue weighted by Crippen LogP contribution is 2.42. The maximum atomic E-state index is 15.3. The van der Waals surface area contributed by atoms with Gasteiger partial charge in [-0.15, -0.1) is 0 Å². The number of nitrogens with zero attached hydrogens (tertiary/aromatic N) is 4. The normalized spacial score (nSPS) is 25.4. The van der Waals surface area contributed by atoms with Crippen LogP contribution in [0.15, 0.2) is 35.2 Å². The molecule has 1 amide bonds.